The fraction of sp³-hybridized carbons (Fsp3) is 0.727. The fourth-order valence-electron chi connectivity index (χ4n) is 2.18. The molecule has 1 fully saturated rings. The molecular formula is C11H19N3O2S2. The highest BCUT2D eigenvalue weighted by Gasteiger charge is 2.28. The van der Waals surface area contributed by atoms with E-state index in [1.165, 1.54) is 10.6 Å². The first-order valence-electron chi connectivity index (χ1n) is 5.98. The Morgan fingerprint density at radius 3 is 2.83 bits per heavy atom. The van der Waals surface area contributed by atoms with Crippen molar-refractivity contribution in [3.8, 4) is 0 Å². The zero-order valence-electron chi connectivity index (χ0n) is 11.0. The van der Waals surface area contributed by atoms with Gasteiger partial charge in [-0.3, -0.25) is 0 Å². The van der Waals surface area contributed by atoms with Gasteiger partial charge in [-0.2, -0.15) is 0 Å². The van der Waals surface area contributed by atoms with Gasteiger partial charge in [0.15, 0.2) is 5.13 Å². The molecule has 1 unspecified atom stereocenters. The Bertz CT molecular complexity index is 512. The van der Waals surface area contributed by atoms with Gasteiger partial charge in [0, 0.05) is 31.6 Å². The number of nitrogens with zero attached hydrogens (tertiary/aromatic N) is 3. The van der Waals surface area contributed by atoms with Gasteiger partial charge in [-0.05, 0) is 19.8 Å². The summed E-state index contributed by atoms with van der Waals surface area (Å²) >= 11 is 1.62. The normalized spacial score (nSPS) is 21.6. The first-order chi connectivity index (χ1) is 8.38. The highest BCUT2D eigenvalue weighted by molar-refractivity contribution is 7.88. The number of thiazole rings is 1. The van der Waals surface area contributed by atoms with E-state index in [9.17, 15) is 8.42 Å². The molecule has 2 heterocycles. The number of hydrogen-bond acceptors (Lipinski definition) is 5. The van der Waals surface area contributed by atoms with Crippen LogP contribution in [0.1, 0.15) is 18.5 Å². The molecular weight excluding hydrogens is 270 g/mol. The van der Waals surface area contributed by atoms with Crippen molar-refractivity contribution < 1.29 is 8.42 Å². The van der Waals surface area contributed by atoms with Crippen molar-refractivity contribution in [2.24, 2.45) is 0 Å². The van der Waals surface area contributed by atoms with Gasteiger partial charge in [-0.25, -0.2) is 17.7 Å². The third-order valence-electron chi connectivity index (χ3n) is 3.31. The summed E-state index contributed by atoms with van der Waals surface area (Å²) in [5, 5.41) is 3.03. The van der Waals surface area contributed by atoms with Crippen molar-refractivity contribution >= 4 is 26.5 Å². The third-order valence-corrected chi connectivity index (χ3v) is 5.67. The number of aryl methyl sites for hydroxylation is 1. The van der Waals surface area contributed by atoms with Crippen molar-refractivity contribution in [2.75, 3.05) is 31.3 Å². The number of likely N-dealkylation sites (N-methyl/N-ethyl adjacent to an activating group) is 1. The number of piperidine rings is 1. The number of aromatic nitrogens is 1. The number of hydrogen-bond donors (Lipinski definition) is 0. The smallest absolute Gasteiger partial charge is 0.211 e. The summed E-state index contributed by atoms with van der Waals surface area (Å²) < 4.78 is 24.6. The van der Waals surface area contributed by atoms with E-state index in [1.807, 2.05) is 12.3 Å². The molecule has 1 saturated heterocycles. The van der Waals surface area contributed by atoms with Crippen LogP contribution in [0.15, 0.2) is 5.38 Å². The predicted octanol–water partition coefficient (Wildman–Crippen LogP) is 1.31. The Hall–Kier alpha value is -0.660. The van der Waals surface area contributed by atoms with E-state index >= 15 is 0 Å². The molecule has 1 aliphatic rings. The molecule has 18 heavy (non-hydrogen) atoms. The molecule has 0 bridgehead atoms. The Balaban J connectivity index is 2.09. The van der Waals surface area contributed by atoms with Gasteiger partial charge in [0.05, 0.1) is 11.9 Å². The molecule has 0 radical (unpaired) electrons. The van der Waals surface area contributed by atoms with Gasteiger partial charge >= 0.3 is 0 Å². The minimum Gasteiger partial charge on any atom is -0.346 e. The van der Waals surface area contributed by atoms with Gasteiger partial charge in [0.1, 0.15) is 0 Å². The average molecular weight is 289 g/mol. The predicted molar refractivity (Wildman–Crippen MR) is 74.7 cm³/mol. The summed E-state index contributed by atoms with van der Waals surface area (Å²) in [6, 6.07) is 0.0537. The molecule has 1 aliphatic heterocycles. The molecule has 0 saturated carbocycles. The summed E-state index contributed by atoms with van der Waals surface area (Å²) in [7, 11) is -1.45. The van der Waals surface area contributed by atoms with Crippen LogP contribution in [0, 0.1) is 6.92 Å². The Kier molecular flexibility index (Phi) is 3.93. The first-order valence-corrected chi connectivity index (χ1v) is 8.71. The molecule has 0 spiro atoms. The van der Waals surface area contributed by atoms with Crippen molar-refractivity contribution in [2.45, 2.75) is 25.8 Å². The SMILES string of the molecule is Cc1csc(N2CCCC(N(C)S(C)(=O)=O)C2)n1. The molecule has 7 heteroatoms. The van der Waals surface area contributed by atoms with Crippen LogP contribution in [0.3, 0.4) is 0 Å². The van der Waals surface area contributed by atoms with E-state index in [2.05, 4.69) is 9.88 Å². The lowest BCUT2D eigenvalue weighted by Crippen LogP contribution is -2.48. The molecule has 102 valence electrons. The van der Waals surface area contributed by atoms with Crippen molar-refractivity contribution in [3.63, 3.8) is 0 Å². The van der Waals surface area contributed by atoms with E-state index in [0.29, 0.717) is 0 Å². The molecule has 0 N–H and O–H groups in total. The second-order valence-electron chi connectivity index (χ2n) is 4.79. The minimum atomic E-state index is -3.11. The lowest BCUT2D eigenvalue weighted by molar-refractivity contribution is 0.322. The van der Waals surface area contributed by atoms with Crippen molar-refractivity contribution in [3.05, 3.63) is 11.1 Å². The van der Waals surface area contributed by atoms with Crippen LogP contribution in [0.25, 0.3) is 0 Å². The van der Waals surface area contributed by atoms with Crippen LogP contribution < -0.4 is 4.90 Å². The van der Waals surface area contributed by atoms with E-state index in [1.54, 1.807) is 18.4 Å². The maximum Gasteiger partial charge on any atom is 0.211 e. The summed E-state index contributed by atoms with van der Waals surface area (Å²) in [5.74, 6) is 0. The second-order valence-corrected chi connectivity index (χ2v) is 7.67. The molecule has 1 aromatic heterocycles. The topological polar surface area (TPSA) is 53.5 Å². The number of anilines is 1. The Morgan fingerprint density at radius 2 is 2.28 bits per heavy atom. The minimum absolute atomic E-state index is 0.0537. The van der Waals surface area contributed by atoms with Crippen LogP contribution in [0.2, 0.25) is 0 Å². The Morgan fingerprint density at radius 1 is 1.56 bits per heavy atom. The molecule has 0 aromatic carbocycles. The maximum absolute atomic E-state index is 11.6. The van der Waals surface area contributed by atoms with Crippen molar-refractivity contribution in [1.29, 1.82) is 0 Å². The molecule has 1 atom stereocenters. The average Bonchev–Trinajstić information content (AvgIpc) is 2.74. The summed E-state index contributed by atoms with van der Waals surface area (Å²) in [4.78, 5) is 6.65. The van der Waals surface area contributed by atoms with Gasteiger partial charge in [-0.1, -0.05) is 0 Å². The lowest BCUT2D eigenvalue weighted by Gasteiger charge is -2.36. The van der Waals surface area contributed by atoms with E-state index < -0.39 is 10.0 Å². The van der Waals surface area contributed by atoms with Gasteiger partial charge in [-0.15, -0.1) is 11.3 Å². The van der Waals surface area contributed by atoms with E-state index in [4.69, 9.17) is 0 Å². The standard InChI is InChI=1S/C11H19N3O2S2/c1-9-8-17-11(12-9)14-6-4-5-10(7-14)13(2)18(3,15)16/h8,10H,4-7H2,1-3H3. The van der Waals surface area contributed by atoms with Crippen LogP contribution in [-0.2, 0) is 10.0 Å². The molecule has 1 aromatic rings. The highest BCUT2D eigenvalue weighted by Crippen LogP contribution is 2.25. The monoisotopic (exact) mass is 289 g/mol. The molecule has 5 nitrogen and oxygen atoms in total. The second kappa shape index (κ2) is 5.14. The van der Waals surface area contributed by atoms with Crippen molar-refractivity contribution in [1.82, 2.24) is 9.29 Å². The van der Waals surface area contributed by atoms with Crippen LogP contribution in [0.5, 0.6) is 0 Å². The number of sulfonamides is 1. The van der Waals surface area contributed by atoms with Gasteiger partial charge in [0.25, 0.3) is 0 Å². The zero-order chi connectivity index (χ0) is 13.3. The van der Waals surface area contributed by atoms with Crippen LogP contribution in [0.4, 0.5) is 5.13 Å². The quantitative estimate of drug-likeness (QED) is 0.842. The van der Waals surface area contributed by atoms with Crippen LogP contribution >= 0.6 is 11.3 Å². The lowest BCUT2D eigenvalue weighted by atomic mass is 10.1. The Labute approximate surface area is 112 Å². The highest BCUT2D eigenvalue weighted by atomic mass is 32.2. The summed E-state index contributed by atoms with van der Waals surface area (Å²) in [6.07, 6.45) is 3.19. The van der Waals surface area contributed by atoms with E-state index in [0.717, 1.165) is 36.8 Å². The van der Waals surface area contributed by atoms with Gasteiger partial charge in [0.2, 0.25) is 10.0 Å². The fourth-order valence-corrected chi connectivity index (χ4v) is 3.74. The third kappa shape index (κ3) is 3.02. The number of rotatable bonds is 3. The van der Waals surface area contributed by atoms with Gasteiger partial charge < -0.3 is 4.90 Å². The molecule has 0 amide bonds. The van der Waals surface area contributed by atoms with Crippen LogP contribution in [-0.4, -0.2) is 50.1 Å². The molecule has 2 rings (SSSR count). The summed E-state index contributed by atoms with van der Waals surface area (Å²) in [6.45, 7) is 3.67. The summed E-state index contributed by atoms with van der Waals surface area (Å²) in [5.41, 5.74) is 1.02. The maximum atomic E-state index is 11.6. The largest absolute Gasteiger partial charge is 0.346 e. The van der Waals surface area contributed by atoms with E-state index in [-0.39, 0.29) is 6.04 Å². The first kappa shape index (κ1) is 13.8. The molecule has 0 aliphatic carbocycles. The zero-order valence-corrected chi connectivity index (χ0v) is 12.6.